The van der Waals surface area contributed by atoms with Gasteiger partial charge in [0.1, 0.15) is 15.5 Å². The molecule has 96 valence electrons. The maximum Gasteiger partial charge on any atom is 0.347 e. The third-order valence-electron chi connectivity index (χ3n) is 2.41. The van der Waals surface area contributed by atoms with Gasteiger partial charge >= 0.3 is 5.97 Å². The van der Waals surface area contributed by atoms with E-state index < -0.39 is 11.6 Å². The number of carbonyl (C=O) groups is 1. The molecule has 0 amide bonds. The monoisotopic (exact) mass is 257 g/mol. The van der Waals surface area contributed by atoms with E-state index in [-0.39, 0.29) is 5.92 Å². The van der Waals surface area contributed by atoms with Crippen LogP contribution in [0.2, 0.25) is 0 Å². The highest BCUT2D eigenvalue weighted by atomic mass is 32.1. The zero-order valence-electron chi connectivity index (χ0n) is 10.9. The molecule has 1 rings (SSSR count). The van der Waals surface area contributed by atoms with E-state index in [9.17, 15) is 4.79 Å². The summed E-state index contributed by atoms with van der Waals surface area (Å²) < 4.78 is 5.60. The van der Waals surface area contributed by atoms with E-state index in [4.69, 9.17) is 9.84 Å². The third kappa shape index (κ3) is 3.04. The highest BCUT2D eigenvalue weighted by molar-refractivity contribution is 7.13. The van der Waals surface area contributed by atoms with Crippen LogP contribution in [-0.2, 0) is 10.3 Å². The molecule has 0 fully saturated rings. The molecule has 0 radical (unpaired) electrons. The molecule has 0 aliphatic heterocycles. The summed E-state index contributed by atoms with van der Waals surface area (Å²) >= 11 is 1.21. The SMILES string of the molecule is CCOC(C)(C)c1nc(C(C)C)c(C(=O)O)s1. The zero-order valence-corrected chi connectivity index (χ0v) is 11.7. The van der Waals surface area contributed by atoms with Gasteiger partial charge in [0.05, 0.1) is 5.69 Å². The summed E-state index contributed by atoms with van der Waals surface area (Å²) in [6.45, 7) is 10.2. The molecule has 0 saturated heterocycles. The summed E-state index contributed by atoms with van der Waals surface area (Å²) in [7, 11) is 0. The maximum atomic E-state index is 11.2. The Bertz CT molecular complexity index is 410. The van der Waals surface area contributed by atoms with Gasteiger partial charge in [0, 0.05) is 6.61 Å². The summed E-state index contributed by atoms with van der Waals surface area (Å²) in [6, 6.07) is 0. The molecule has 1 N–H and O–H groups in total. The molecule has 0 aliphatic carbocycles. The number of rotatable bonds is 5. The van der Waals surface area contributed by atoms with Crippen LogP contribution in [0.5, 0.6) is 0 Å². The molecular weight excluding hydrogens is 238 g/mol. The second-order valence-electron chi connectivity index (χ2n) is 4.64. The lowest BCUT2D eigenvalue weighted by Crippen LogP contribution is -2.21. The van der Waals surface area contributed by atoms with Crippen LogP contribution < -0.4 is 0 Å². The number of ether oxygens (including phenoxy) is 1. The lowest BCUT2D eigenvalue weighted by Gasteiger charge is -2.21. The zero-order chi connectivity index (χ0) is 13.2. The predicted octanol–water partition coefficient (Wildman–Crippen LogP) is 3.24. The van der Waals surface area contributed by atoms with Crippen molar-refractivity contribution in [3.05, 3.63) is 15.6 Å². The lowest BCUT2D eigenvalue weighted by atomic mass is 10.1. The first-order valence-corrected chi connectivity index (χ1v) is 6.49. The summed E-state index contributed by atoms with van der Waals surface area (Å²) in [4.78, 5) is 15.9. The van der Waals surface area contributed by atoms with Gasteiger partial charge in [-0.1, -0.05) is 13.8 Å². The van der Waals surface area contributed by atoms with Crippen molar-refractivity contribution in [1.82, 2.24) is 4.98 Å². The Morgan fingerprint density at radius 3 is 2.47 bits per heavy atom. The number of hydrogen-bond acceptors (Lipinski definition) is 4. The number of aromatic nitrogens is 1. The topological polar surface area (TPSA) is 59.4 Å². The van der Waals surface area contributed by atoms with Crippen LogP contribution >= 0.6 is 11.3 Å². The van der Waals surface area contributed by atoms with E-state index in [2.05, 4.69) is 4.98 Å². The summed E-state index contributed by atoms with van der Waals surface area (Å²) in [5.74, 6) is -0.812. The molecule has 0 aliphatic rings. The second kappa shape index (κ2) is 5.14. The van der Waals surface area contributed by atoms with Crippen molar-refractivity contribution in [1.29, 1.82) is 0 Å². The van der Waals surface area contributed by atoms with E-state index in [1.165, 1.54) is 11.3 Å². The molecule has 0 saturated carbocycles. The van der Waals surface area contributed by atoms with Gasteiger partial charge in [-0.25, -0.2) is 9.78 Å². The first kappa shape index (κ1) is 14.1. The molecule has 1 aromatic heterocycles. The molecule has 4 nitrogen and oxygen atoms in total. The average molecular weight is 257 g/mol. The molecule has 0 aromatic carbocycles. The van der Waals surface area contributed by atoms with Gasteiger partial charge in [-0.05, 0) is 26.7 Å². The molecule has 5 heteroatoms. The smallest absolute Gasteiger partial charge is 0.347 e. The van der Waals surface area contributed by atoms with Crippen LogP contribution in [0.3, 0.4) is 0 Å². The van der Waals surface area contributed by atoms with Crippen molar-refractivity contribution in [2.75, 3.05) is 6.61 Å². The van der Waals surface area contributed by atoms with Crippen molar-refractivity contribution in [2.24, 2.45) is 0 Å². The molecule has 1 heterocycles. The van der Waals surface area contributed by atoms with Crippen molar-refractivity contribution >= 4 is 17.3 Å². The van der Waals surface area contributed by atoms with Crippen LogP contribution in [0.1, 0.15) is 60.9 Å². The first-order chi connectivity index (χ1) is 7.79. The molecule has 0 atom stereocenters. The van der Waals surface area contributed by atoms with Crippen LogP contribution in [0.15, 0.2) is 0 Å². The fraction of sp³-hybridized carbons (Fsp3) is 0.667. The fourth-order valence-corrected chi connectivity index (χ4v) is 2.67. The van der Waals surface area contributed by atoms with Crippen molar-refractivity contribution < 1.29 is 14.6 Å². The maximum absolute atomic E-state index is 11.2. The standard InChI is InChI=1S/C12H19NO3S/c1-6-16-12(4,5)11-13-8(7(2)3)9(17-11)10(14)15/h7H,6H2,1-5H3,(H,14,15). The number of thiazole rings is 1. The Hall–Kier alpha value is -0.940. The van der Waals surface area contributed by atoms with Gasteiger partial charge < -0.3 is 9.84 Å². The van der Waals surface area contributed by atoms with Gasteiger partial charge in [-0.2, -0.15) is 0 Å². The highest BCUT2D eigenvalue weighted by Crippen LogP contribution is 2.33. The number of hydrogen-bond donors (Lipinski definition) is 1. The Morgan fingerprint density at radius 2 is 2.12 bits per heavy atom. The number of carboxylic acids is 1. The van der Waals surface area contributed by atoms with E-state index >= 15 is 0 Å². The Kier molecular flexibility index (Phi) is 4.27. The van der Waals surface area contributed by atoms with E-state index in [0.29, 0.717) is 17.2 Å². The summed E-state index contributed by atoms with van der Waals surface area (Å²) in [5, 5.41) is 9.88. The predicted molar refractivity (Wildman–Crippen MR) is 67.8 cm³/mol. The normalized spacial score (nSPS) is 12.1. The summed E-state index contributed by atoms with van der Waals surface area (Å²) in [5.41, 5.74) is 0.113. The van der Waals surface area contributed by atoms with Gasteiger partial charge in [0.15, 0.2) is 0 Å². The van der Waals surface area contributed by atoms with Gasteiger partial charge in [-0.15, -0.1) is 11.3 Å². The largest absolute Gasteiger partial charge is 0.477 e. The van der Waals surface area contributed by atoms with Crippen molar-refractivity contribution in [3.63, 3.8) is 0 Å². The highest BCUT2D eigenvalue weighted by Gasteiger charge is 2.29. The van der Waals surface area contributed by atoms with Crippen LogP contribution in [0, 0.1) is 0 Å². The molecule has 1 aromatic rings. The third-order valence-corrected chi connectivity index (χ3v) is 3.78. The number of aromatic carboxylic acids is 1. The average Bonchev–Trinajstić information content (AvgIpc) is 2.62. The van der Waals surface area contributed by atoms with Crippen LogP contribution in [0.4, 0.5) is 0 Å². The Labute approximate surface area is 106 Å². The van der Waals surface area contributed by atoms with E-state index in [0.717, 1.165) is 5.01 Å². The molecular formula is C12H19NO3S. The minimum Gasteiger partial charge on any atom is -0.477 e. The van der Waals surface area contributed by atoms with Gasteiger partial charge in [0.25, 0.3) is 0 Å². The van der Waals surface area contributed by atoms with E-state index in [1.807, 2.05) is 34.6 Å². The molecule has 0 spiro atoms. The van der Waals surface area contributed by atoms with Crippen LogP contribution in [0.25, 0.3) is 0 Å². The van der Waals surface area contributed by atoms with Crippen molar-refractivity contribution in [3.8, 4) is 0 Å². The second-order valence-corrected chi connectivity index (χ2v) is 5.64. The van der Waals surface area contributed by atoms with E-state index in [1.54, 1.807) is 0 Å². The number of carboxylic acid groups (broad SMARTS) is 1. The molecule has 17 heavy (non-hydrogen) atoms. The summed E-state index contributed by atoms with van der Waals surface area (Å²) in [6.07, 6.45) is 0. The lowest BCUT2D eigenvalue weighted by molar-refractivity contribution is -0.0142. The fourth-order valence-electron chi connectivity index (χ4n) is 1.56. The van der Waals surface area contributed by atoms with Crippen molar-refractivity contribution in [2.45, 2.75) is 46.1 Å². The van der Waals surface area contributed by atoms with Gasteiger partial charge in [-0.3, -0.25) is 0 Å². The minimum absolute atomic E-state index is 0.100. The number of nitrogens with zero attached hydrogens (tertiary/aromatic N) is 1. The molecule has 0 bridgehead atoms. The minimum atomic E-state index is -0.912. The Balaban J connectivity index is 3.20. The van der Waals surface area contributed by atoms with Crippen LogP contribution in [-0.4, -0.2) is 22.7 Å². The Morgan fingerprint density at radius 1 is 1.53 bits per heavy atom. The first-order valence-electron chi connectivity index (χ1n) is 5.68. The van der Waals surface area contributed by atoms with Gasteiger partial charge in [0.2, 0.25) is 0 Å². The quantitative estimate of drug-likeness (QED) is 0.879. The molecule has 0 unspecified atom stereocenters.